The van der Waals surface area contributed by atoms with Crippen LogP contribution < -0.4 is 10.2 Å². The first kappa shape index (κ1) is 17.7. The van der Waals surface area contributed by atoms with E-state index >= 15 is 0 Å². The number of ether oxygens (including phenoxy) is 1. The van der Waals surface area contributed by atoms with Crippen molar-refractivity contribution in [3.63, 3.8) is 0 Å². The number of hydrogen-bond donors (Lipinski definition) is 1. The van der Waals surface area contributed by atoms with Crippen molar-refractivity contribution in [1.82, 2.24) is 5.43 Å². The normalized spacial score (nSPS) is 11.2. The SMILES string of the molecule is Cc1ccccc1C(=O)N/N=C\c1c(OC(C)C)ccc2ccccc12. The van der Waals surface area contributed by atoms with E-state index in [1.165, 1.54) is 0 Å². The zero-order valence-corrected chi connectivity index (χ0v) is 15.2. The third kappa shape index (κ3) is 3.91. The van der Waals surface area contributed by atoms with E-state index in [0.29, 0.717) is 5.56 Å². The summed E-state index contributed by atoms with van der Waals surface area (Å²) in [5.74, 6) is 0.513. The summed E-state index contributed by atoms with van der Waals surface area (Å²) in [7, 11) is 0. The molecule has 26 heavy (non-hydrogen) atoms. The van der Waals surface area contributed by atoms with Gasteiger partial charge >= 0.3 is 0 Å². The van der Waals surface area contributed by atoms with E-state index in [0.717, 1.165) is 27.6 Å². The average Bonchev–Trinajstić information content (AvgIpc) is 2.63. The predicted octanol–water partition coefficient (Wildman–Crippen LogP) is 4.70. The molecule has 0 aliphatic rings. The lowest BCUT2D eigenvalue weighted by molar-refractivity contribution is 0.0954. The van der Waals surface area contributed by atoms with E-state index in [9.17, 15) is 4.79 Å². The third-order valence-corrected chi connectivity index (χ3v) is 4.04. The Morgan fingerprint density at radius 2 is 1.77 bits per heavy atom. The minimum absolute atomic E-state index is 0.0462. The molecular weight excluding hydrogens is 324 g/mol. The maximum Gasteiger partial charge on any atom is 0.271 e. The van der Waals surface area contributed by atoms with E-state index in [4.69, 9.17) is 4.74 Å². The second kappa shape index (κ2) is 7.83. The van der Waals surface area contributed by atoms with Crippen molar-refractivity contribution in [3.05, 3.63) is 77.4 Å². The summed E-state index contributed by atoms with van der Waals surface area (Å²) < 4.78 is 5.91. The standard InChI is InChI=1S/C22H22N2O2/c1-15(2)26-21-13-12-17-9-5-7-11-19(17)20(21)14-23-24-22(25)18-10-6-4-8-16(18)3/h4-15H,1-3H3,(H,24,25)/b23-14-. The summed E-state index contributed by atoms with van der Waals surface area (Å²) in [6.45, 7) is 5.87. The molecule has 0 saturated carbocycles. The molecular formula is C22H22N2O2. The van der Waals surface area contributed by atoms with Crippen LogP contribution in [0.4, 0.5) is 0 Å². The Bertz CT molecular complexity index is 961. The largest absolute Gasteiger partial charge is 0.490 e. The maximum absolute atomic E-state index is 12.3. The maximum atomic E-state index is 12.3. The number of nitrogens with zero attached hydrogens (tertiary/aromatic N) is 1. The average molecular weight is 346 g/mol. The Hall–Kier alpha value is -3.14. The molecule has 0 fully saturated rings. The first-order valence-corrected chi connectivity index (χ1v) is 8.63. The zero-order valence-electron chi connectivity index (χ0n) is 15.2. The van der Waals surface area contributed by atoms with Crippen LogP contribution in [0.2, 0.25) is 0 Å². The van der Waals surface area contributed by atoms with Crippen molar-refractivity contribution >= 4 is 22.9 Å². The van der Waals surface area contributed by atoms with E-state index < -0.39 is 0 Å². The highest BCUT2D eigenvalue weighted by Crippen LogP contribution is 2.27. The number of hydrogen-bond acceptors (Lipinski definition) is 3. The van der Waals surface area contributed by atoms with Gasteiger partial charge in [0.1, 0.15) is 5.75 Å². The summed E-state index contributed by atoms with van der Waals surface area (Å²) >= 11 is 0. The molecule has 0 aliphatic heterocycles. The number of benzene rings is 3. The number of aryl methyl sites for hydroxylation is 1. The molecule has 1 N–H and O–H groups in total. The highest BCUT2D eigenvalue weighted by Gasteiger charge is 2.10. The molecule has 0 bridgehead atoms. The molecule has 3 rings (SSSR count). The van der Waals surface area contributed by atoms with Crippen LogP contribution in [0.5, 0.6) is 5.75 Å². The molecule has 132 valence electrons. The zero-order chi connectivity index (χ0) is 18.5. The Labute approximate surface area is 153 Å². The molecule has 3 aromatic carbocycles. The first-order chi connectivity index (χ1) is 12.6. The number of amides is 1. The molecule has 0 radical (unpaired) electrons. The van der Waals surface area contributed by atoms with Crippen molar-refractivity contribution < 1.29 is 9.53 Å². The summed E-state index contributed by atoms with van der Waals surface area (Å²) in [6.07, 6.45) is 1.70. The van der Waals surface area contributed by atoms with Crippen LogP contribution in [0.25, 0.3) is 10.8 Å². The molecule has 0 atom stereocenters. The molecule has 1 amide bonds. The quantitative estimate of drug-likeness (QED) is 0.538. The lowest BCUT2D eigenvalue weighted by Gasteiger charge is -2.14. The monoisotopic (exact) mass is 346 g/mol. The van der Waals surface area contributed by atoms with Gasteiger partial charge in [-0.3, -0.25) is 4.79 Å². The summed E-state index contributed by atoms with van der Waals surface area (Å²) in [5, 5.41) is 6.29. The second-order valence-corrected chi connectivity index (χ2v) is 6.38. The number of fused-ring (bicyclic) bond motifs is 1. The fourth-order valence-electron chi connectivity index (χ4n) is 2.81. The predicted molar refractivity (Wildman–Crippen MR) is 106 cm³/mol. The molecule has 3 aromatic rings. The number of nitrogens with one attached hydrogen (secondary N) is 1. The Kier molecular flexibility index (Phi) is 5.32. The van der Waals surface area contributed by atoms with Gasteiger partial charge in [0.2, 0.25) is 0 Å². The summed E-state index contributed by atoms with van der Waals surface area (Å²) in [4.78, 5) is 12.3. The van der Waals surface area contributed by atoms with Crippen LogP contribution in [0.1, 0.15) is 35.3 Å². The van der Waals surface area contributed by atoms with Gasteiger partial charge in [-0.2, -0.15) is 5.10 Å². The second-order valence-electron chi connectivity index (χ2n) is 6.38. The number of carbonyl (C=O) groups is 1. The molecule has 0 aliphatic carbocycles. The van der Waals surface area contributed by atoms with E-state index in [-0.39, 0.29) is 12.0 Å². The topological polar surface area (TPSA) is 50.7 Å². The minimum atomic E-state index is -0.231. The smallest absolute Gasteiger partial charge is 0.271 e. The van der Waals surface area contributed by atoms with Crippen LogP contribution >= 0.6 is 0 Å². The van der Waals surface area contributed by atoms with Gasteiger partial charge in [-0.1, -0.05) is 48.5 Å². The molecule has 0 aromatic heterocycles. The van der Waals surface area contributed by atoms with Crippen LogP contribution in [-0.2, 0) is 0 Å². The number of rotatable bonds is 5. The van der Waals surface area contributed by atoms with Gasteiger partial charge in [0.25, 0.3) is 5.91 Å². The molecule has 4 nitrogen and oxygen atoms in total. The fourth-order valence-corrected chi connectivity index (χ4v) is 2.81. The fraction of sp³-hybridized carbons (Fsp3) is 0.182. The minimum Gasteiger partial charge on any atom is -0.490 e. The number of hydrazone groups is 1. The van der Waals surface area contributed by atoms with E-state index in [1.807, 2.05) is 75.4 Å². The Morgan fingerprint density at radius 3 is 2.54 bits per heavy atom. The van der Waals surface area contributed by atoms with Crippen molar-refractivity contribution in [1.29, 1.82) is 0 Å². The van der Waals surface area contributed by atoms with Gasteiger partial charge in [0.15, 0.2) is 0 Å². The highest BCUT2D eigenvalue weighted by molar-refractivity contribution is 6.03. The van der Waals surface area contributed by atoms with Crippen molar-refractivity contribution in [2.45, 2.75) is 26.9 Å². The Morgan fingerprint density at radius 1 is 1.04 bits per heavy atom. The number of carbonyl (C=O) groups excluding carboxylic acids is 1. The highest BCUT2D eigenvalue weighted by atomic mass is 16.5. The van der Waals surface area contributed by atoms with Gasteiger partial charge in [-0.25, -0.2) is 5.43 Å². The molecule has 4 heteroatoms. The lowest BCUT2D eigenvalue weighted by atomic mass is 10.0. The van der Waals surface area contributed by atoms with Crippen LogP contribution in [0.3, 0.4) is 0 Å². The van der Waals surface area contributed by atoms with E-state index in [2.05, 4.69) is 10.5 Å². The molecule has 0 saturated heterocycles. The van der Waals surface area contributed by atoms with E-state index in [1.54, 1.807) is 12.3 Å². The van der Waals surface area contributed by atoms with Gasteiger partial charge in [-0.15, -0.1) is 0 Å². The van der Waals surface area contributed by atoms with Gasteiger partial charge in [0.05, 0.1) is 12.3 Å². The molecule has 0 spiro atoms. The van der Waals surface area contributed by atoms with Crippen LogP contribution in [-0.4, -0.2) is 18.2 Å². The summed E-state index contributed by atoms with van der Waals surface area (Å²) in [6, 6.07) is 19.4. The summed E-state index contributed by atoms with van der Waals surface area (Å²) in [5.41, 5.74) is 4.98. The third-order valence-electron chi connectivity index (χ3n) is 4.04. The van der Waals surface area contributed by atoms with Gasteiger partial charge in [-0.05, 0) is 49.2 Å². The van der Waals surface area contributed by atoms with Crippen molar-refractivity contribution in [2.75, 3.05) is 0 Å². The van der Waals surface area contributed by atoms with Crippen molar-refractivity contribution in [3.8, 4) is 5.75 Å². The molecule has 0 unspecified atom stereocenters. The van der Waals surface area contributed by atoms with Gasteiger partial charge < -0.3 is 4.74 Å². The van der Waals surface area contributed by atoms with Crippen molar-refractivity contribution in [2.24, 2.45) is 5.10 Å². The lowest BCUT2D eigenvalue weighted by Crippen LogP contribution is -2.18. The van der Waals surface area contributed by atoms with Gasteiger partial charge in [0, 0.05) is 11.1 Å². The molecule has 0 heterocycles. The van der Waals surface area contributed by atoms with Crippen LogP contribution in [0.15, 0.2) is 65.8 Å². The Balaban J connectivity index is 1.90. The first-order valence-electron chi connectivity index (χ1n) is 8.63. The van der Waals surface area contributed by atoms with Crippen LogP contribution in [0, 0.1) is 6.92 Å².